The van der Waals surface area contributed by atoms with Crippen molar-refractivity contribution in [3.05, 3.63) is 53.2 Å². The van der Waals surface area contributed by atoms with Gasteiger partial charge in [0.25, 0.3) is 5.91 Å². The lowest BCUT2D eigenvalue weighted by Gasteiger charge is -2.20. The molecule has 1 aromatic heterocycles. The Kier molecular flexibility index (Phi) is 5.75. The topological polar surface area (TPSA) is 92.6 Å². The van der Waals surface area contributed by atoms with Crippen LogP contribution in [-0.4, -0.2) is 45.7 Å². The van der Waals surface area contributed by atoms with Crippen LogP contribution in [0.1, 0.15) is 21.6 Å². The molecular formula is C16H14F3N3O4. The Morgan fingerprint density at radius 1 is 1.12 bits per heavy atom. The van der Waals surface area contributed by atoms with Crippen molar-refractivity contribution in [1.82, 2.24) is 15.1 Å². The van der Waals surface area contributed by atoms with Crippen molar-refractivity contribution in [1.29, 1.82) is 0 Å². The Labute approximate surface area is 146 Å². The van der Waals surface area contributed by atoms with Gasteiger partial charge in [0.05, 0.1) is 12.7 Å². The van der Waals surface area contributed by atoms with Crippen molar-refractivity contribution < 1.29 is 32.6 Å². The van der Waals surface area contributed by atoms with Crippen LogP contribution in [0.3, 0.4) is 0 Å². The molecule has 1 heterocycles. The summed E-state index contributed by atoms with van der Waals surface area (Å²) in [5, 5.41) is 16.3. The van der Waals surface area contributed by atoms with Crippen LogP contribution in [0, 0.1) is 0 Å². The average molecular weight is 369 g/mol. The summed E-state index contributed by atoms with van der Waals surface area (Å²) in [5.74, 6) is -1.82. The van der Waals surface area contributed by atoms with E-state index in [0.717, 1.165) is 17.0 Å². The van der Waals surface area contributed by atoms with E-state index in [-0.39, 0.29) is 18.1 Å². The van der Waals surface area contributed by atoms with Crippen LogP contribution >= 0.6 is 0 Å². The zero-order valence-electron chi connectivity index (χ0n) is 13.5. The second-order valence-electron chi connectivity index (χ2n) is 5.21. The van der Waals surface area contributed by atoms with Crippen molar-refractivity contribution in [3.63, 3.8) is 0 Å². The molecule has 10 heteroatoms. The number of benzene rings is 1. The highest BCUT2D eigenvalue weighted by atomic mass is 19.4. The summed E-state index contributed by atoms with van der Waals surface area (Å²) in [6.45, 7) is -0.843. The number of hydrogen-bond donors (Lipinski definition) is 1. The minimum absolute atomic E-state index is 0.112. The predicted octanol–water partition coefficient (Wildman–Crippen LogP) is 2.23. The first-order valence-electron chi connectivity index (χ1n) is 7.25. The fourth-order valence-electron chi connectivity index (χ4n) is 2.09. The number of alkyl halides is 3. The molecule has 1 amide bonds. The Hall–Kier alpha value is -3.17. The highest BCUT2D eigenvalue weighted by Crippen LogP contribution is 2.29. The number of aromatic nitrogens is 2. The molecule has 0 atom stereocenters. The minimum atomic E-state index is -4.48. The number of carboxylic acids is 1. The Morgan fingerprint density at radius 2 is 1.77 bits per heavy atom. The molecule has 0 aliphatic carbocycles. The summed E-state index contributed by atoms with van der Waals surface area (Å²) < 4.78 is 42.6. The second kappa shape index (κ2) is 7.81. The number of methoxy groups -OCH3 is 1. The molecule has 0 saturated heterocycles. The van der Waals surface area contributed by atoms with Gasteiger partial charge in [0.15, 0.2) is 5.69 Å². The van der Waals surface area contributed by atoms with Crippen LogP contribution in [0.5, 0.6) is 5.88 Å². The second-order valence-corrected chi connectivity index (χ2v) is 5.21. The predicted molar refractivity (Wildman–Crippen MR) is 82.4 cm³/mol. The molecule has 0 bridgehead atoms. The number of carbonyl (C=O) groups is 2. The molecule has 2 rings (SSSR count). The van der Waals surface area contributed by atoms with Crippen LogP contribution in [0.4, 0.5) is 13.2 Å². The Balaban J connectivity index is 2.20. The molecular weight excluding hydrogens is 355 g/mol. The van der Waals surface area contributed by atoms with Crippen LogP contribution in [0.15, 0.2) is 36.4 Å². The van der Waals surface area contributed by atoms with Crippen LogP contribution in [0.2, 0.25) is 0 Å². The quantitative estimate of drug-likeness (QED) is 0.839. The third kappa shape index (κ3) is 4.91. The highest BCUT2D eigenvalue weighted by molar-refractivity contribution is 5.94. The summed E-state index contributed by atoms with van der Waals surface area (Å²) in [6.07, 6.45) is -4.48. The maximum Gasteiger partial charge on any atom is 0.416 e. The molecule has 1 N–H and O–H groups in total. The molecule has 7 nitrogen and oxygen atoms in total. The van der Waals surface area contributed by atoms with Gasteiger partial charge in [-0.05, 0) is 23.8 Å². The summed E-state index contributed by atoms with van der Waals surface area (Å²) >= 11 is 0. The normalized spacial score (nSPS) is 11.1. The number of ether oxygens (including phenoxy) is 1. The zero-order chi connectivity index (χ0) is 19.3. The van der Waals surface area contributed by atoms with Gasteiger partial charge in [-0.1, -0.05) is 12.1 Å². The number of aliphatic carboxylic acids is 1. The molecule has 26 heavy (non-hydrogen) atoms. The van der Waals surface area contributed by atoms with Crippen LogP contribution in [-0.2, 0) is 17.5 Å². The maximum absolute atomic E-state index is 12.6. The molecule has 0 fully saturated rings. The van der Waals surface area contributed by atoms with E-state index in [2.05, 4.69) is 10.2 Å². The van der Waals surface area contributed by atoms with Crippen molar-refractivity contribution in [3.8, 4) is 5.88 Å². The third-order valence-corrected chi connectivity index (χ3v) is 3.34. The number of amides is 1. The summed E-state index contributed by atoms with van der Waals surface area (Å²) in [5.41, 5.74) is -0.605. The maximum atomic E-state index is 12.6. The lowest BCUT2D eigenvalue weighted by Crippen LogP contribution is -2.35. The van der Waals surface area contributed by atoms with Crippen molar-refractivity contribution in [2.75, 3.05) is 13.7 Å². The van der Waals surface area contributed by atoms with Gasteiger partial charge in [0, 0.05) is 12.6 Å². The van der Waals surface area contributed by atoms with E-state index in [1.165, 1.54) is 31.4 Å². The molecule has 0 aliphatic heterocycles. The first-order valence-corrected chi connectivity index (χ1v) is 7.25. The fraction of sp³-hybridized carbons (Fsp3) is 0.250. The van der Waals surface area contributed by atoms with E-state index in [1.807, 2.05) is 0 Å². The Morgan fingerprint density at radius 3 is 2.23 bits per heavy atom. The standard InChI is InChI=1S/C16H14F3N3O4/c1-26-13-7-6-12(20-21-13)15(25)22(9-14(23)24)8-10-2-4-11(5-3-10)16(17,18)19/h2-7H,8-9H2,1H3,(H,23,24). The number of halogens is 3. The lowest BCUT2D eigenvalue weighted by atomic mass is 10.1. The number of carbonyl (C=O) groups excluding carboxylic acids is 1. The van der Waals surface area contributed by atoms with Gasteiger partial charge in [0.1, 0.15) is 6.54 Å². The number of hydrogen-bond acceptors (Lipinski definition) is 5. The monoisotopic (exact) mass is 369 g/mol. The lowest BCUT2D eigenvalue weighted by molar-refractivity contribution is -0.138. The van der Waals surface area contributed by atoms with Crippen molar-refractivity contribution in [2.45, 2.75) is 12.7 Å². The van der Waals surface area contributed by atoms with E-state index in [1.54, 1.807) is 0 Å². The summed E-state index contributed by atoms with van der Waals surface area (Å²) in [6, 6.07) is 6.81. The number of nitrogens with zero attached hydrogens (tertiary/aromatic N) is 3. The van der Waals surface area contributed by atoms with Crippen LogP contribution in [0.25, 0.3) is 0 Å². The average Bonchev–Trinajstić information content (AvgIpc) is 2.60. The summed E-state index contributed by atoms with van der Waals surface area (Å²) in [4.78, 5) is 24.4. The van der Waals surface area contributed by atoms with Gasteiger partial charge in [0.2, 0.25) is 5.88 Å². The van der Waals surface area contributed by atoms with Gasteiger partial charge < -0.3 is 14.7 Å². The SMILES string of the molecule is COc1ccc(C(=O)N(CC(=O)O)Cc2ccc(C(F)(F)F)cc2)nn1. The van der Waals surface area contributed by atoms with Crippen molar-refractivity contribution >= 4 is 11.9 Å². The first kappa shape index (κ1) is 19.2. The van der Waals surface area contributed by atoms with Gasteiger partial charge in [-0.3, -0.25) is 9.59 Å². The van der Waals surface area contributed by atoms with E-state index < -0.39 is 30.2 Å². The molecule has 0 radical (unpaired) electrons. The Bertz CT molecular complexity index is 777. The van der Waals surface area contributed by atoms with E-state index >= 15 is 0 Å². The molecule has 0 spiro atoms. The van der Waals surface area contributed by atoms with E-state index in [9.17, 15) is 22.8 Å². The highest BCUT2D eigenvalue weighted by Gasteiger charge is 2.30. The third-order valence-electron chi connectivity index (χ3n) is 3.34. The first-order chi connectivity index (χ1) is 12.2. The molecule has 2 aromatic rings. The van der Waals surface area contributed by atoms with Gasteiger partial charge in [-0.25, -0.2) is 0 Å². The van der Waals surface area contributed by atoms with Gasteiger partial charge >= 0.3 is 12.1 Å². The van der Waals surface area contributed by atoms with Crippen LogP contribution < -0.4 is 4.74 Å². The molecule has 138 valence electrons. The summed E-state index contributed by atoms with van der Waals surface area (Å²) in [7, 11) is 1.37. The van der Waals surface area contributed by atoms with Gasteiger partial charge in [-0.15, -0.1) is 10.2 Å². The zero-order valence-corrected chi connectivity index (χ0v) is 13.5. The molecule has 0 saturated carbocycles. The smallest absolute Gasteiger partial charge is 0.416 e. The molecule has 0 aliphatic rings. The number of carboxylic acid groups (broad SMARTS) is 1. The molecule has 1 aromatic carbocycles. The van der Waals surface area contributed by atoms with Crippen molar-refractivity contribution in [2.24, 2.45) is 0 Å². The van der Waals surface area contributed by atoms with Gasteiger partial charge in [-0.2, -0.15) is 13.2 Å². The minimum Gasteiger partial charge on any atom is -0.480 e. The molecule has 0 unspecified atom stereocenters. The van der Waals surface area contributed by atoms with E-state index in [4.69, 9.17) is 9.84 Å². The fourth-order valence-corrected chi connectivity index (χ4v) is 2.09. The number of rotatable bonds is 6. The largest absolute Gasteiger partial charge is 0.480 e. The van der Waals surface area contributed by atoms with E-state index in [0.29, 0.717) is 5.56 Å².